The second-order valence-electron chi connectivity index (χ2n) is 5.15. The SMILES string of the molecule is CCC(C)(C)CNS(=O)(=O)c1cc(N)c(F)cc1Cl. The van der Waals surface area contributed by atoms with Crippen LogP contribution >= 0.6 is 11.6 Å². The fourth-order valence-corrected chi connectivity index (χ4v) is 3.03. The van der Waals surface area contributed by atoms with Crippen molar-refractivity contribution in [3.8, 4) is 0 Å². The van der Waals surface area contributed by atoms with Crippen molar-refractivity contribution < 1.29 is 12.8 Å². The fraction of sp³-hybridized carbons (Fsp3) is 0.500. The third-order valence-electron chi connectivity index (χ3n) is 3.04. The van der Waals surface area contributed by atoms with Crippen molar-refractivity contribution in [3.63, 3.8) is 0 Å². The molecule has 0 spiro atoms. The molecule has 4 nitrogen and oxygen atoms in total. The van der Waals surface area contributed by atoms with Gasteiger partial charge in [0.05, 0.1) is 10.7 Å². The number of nitrogens with one attached hydrogen (secondary N) is 1. The largest absolute Gasteiger partial charge is 0.396 e. The Labute approximate surface area is 118 Å². The summed E-state index contributed by atoms with van der Waals surface area (Å²) < 4.78 is 39.8. The summed E-state index contributed by atoms with van der Waals surface area (Å²) in [5, 5.41) is -0.187. The minimum Gasteiger partial charge on any atom is -0.396 e. The zero-order valence-electron chi connectivity index (χ0n) is 11.1. The molecule has 0 amide bonds. The van der Waals surface area contributed by atoms with Gasteiger partial charge in [-0.1, -0.05) is 32.4 Å². The smallest absolute Gasteiger partial charge is 0.242 e. The van der Waals surface area contributed by atoms with Crippen LogP contribution in [0.5, 0.6) is 0 Å². The van der Waals surface area contributed by atoms with E-state index in [1.54, 1.807) is 0 Å². The minimum absolute atomic E-state index is 0.175. The molecule has 1 aromatic carbocycles. The first-order chi connectivity index (χ1) is 8.59. The van der Waals surface area contributed by atoms with Crippen LogP contribution in [0.4, 0.5) is 10.1 Å². The maximum atomic E-state index is 13.2. The summed E-state index contributed by atoms with van der Waals surface area (Å²) in [6.07, 6.45) is 0.814. The van der Waals surface area contributed by atoms with E-state index in [1.165, 1.54) is 0 Å². The van der Waals surface area contributed by atoms with Crippen molar-refractivity contribution in [1.82, 2.24) is 4.72 Å². The summed E-state index contributed by atoms with van der Waals surface area (Å²) >= 11 is 5.76. The molecule has 0 saturated heterocycles. The Hall–Kier alpha value is -0.850. The Balaban J connectivity index is 3.05. The summed E-state index contributed by atoms with van der Waals surface area (Å²) in [7, 11) is -3.80. The van der Waals surface area contributed by atoms with Crippen LogP contribution in [0.25, 0.3) is 0 Å². The first-order valence-corrected chi connectivity index (χ1v) is 7.69. The zero-order chi connectivity index (χ0) is 14.8. The van der Waals surface area contributed by atoms with E-state index in [0.29, 0.717) is 0 Å². The average molecular weight is 309 g/mol. The summed E-state index contributed by atoms with van der Waals surface area (Å²) in [5.41, 5.74) is 4.94. The van der Waals surface area contributed by atoms with Gasteiger partial charge in [0.2, 0.25) is 10.0 Å². The van der Waals surface area contributed by atoms with Gasteiger partial charge in [-0.2, -0.15) is 0 Å². The summed E-state index contributed by atoms with van der Waals surface area (Å²) in [4.78, 5) is -0.208. The maximum absolute atomic E-state index is 13.2. The quantitative estimate of drug-likeness (QED) is 0.822. The lowest BCUT2D eigenvalue weighted by Crippen LogP contribution is -2.33. The van der Waals surface area contributed by atoms with E-state index < -0.39 is 15.8 Å². The van der Waals surface area contributed by atoms with E-state index in [2.05, 4.69) is 4.72 Å². The summed E-state index contributed by atoms with van der Waals surface area (Å²) in [6, 6.07) is 1.93. The number of anilines is 1. The number of hydrogen-bond acceptors (Lipinski definition) is 3. The molecule has 0 heterocycles. The molecule has 0 saturated carbocycles. The molecule has 1 rings (SSSR count). The number of nitrogens with two attached hydrogens (primary N) is 1. The molecule has 108 valence electrons. The first kappa shape index (κ1) is 16.2. The zero-order valence-corrected chi connectivity index (χ0v) is 12.7. The van der Waals surface area contributed by atoms with Gasteiger partial charge in [0.25, 0.3) is 0 Å². The molecule has 0 fully saturated rings. The number of benzene rings is 1. The molecule has 0 aliphatic rings. The molecule has 0 aromatic heterocycles. The van der Waals surface area contributed by atoms with Crippen molar-refractivity contribution in [3.05, 3.63) is 23.0 Å². The van der Waals surface area contributed by atoms with Crippen molar-refractivity contribution in [2.24, 2.45) is 5.41 Å². The predicted octanol–water partition coefficient (Wildman–Crippen LogP) is 2.78. The molecule has 7 heteroatoms. The fourth-order valence-electron chi connectivity index (χ4n) is 1.24. The third kappa shape index (κ3) is 4.06. The van der Waals surface area contributed by atoms with Crippen molar-refractivity contribution in [1.29, 1.82) is 0 Å². The third-order valence-corrected chi connectivity index (χ3v) is 4.90. The van der Waals surface area contributed by atoms with Crippen LogP contribution in [0, 0.1) is 11.2 Å². The molecule has 0 radical (unpaired) electrons. The highest BCUT2D eigenvalue weighted by Gasteiger charge is 2.23. The average Bonchev–Trinajstić information content (AvgIpc) is 2.31. The normalized spacial score (nSPS) is 12.7. The highest BCUT2D eigenvalue weighted by Crippen LogP contribution is 2.27. The predicted molar refractivity (Wildman–Crippen MR) is 75.1 cm³/mol. The van der Waals surface area contributed by atoms with Crippen LogP contribution < -0.4 is 10.5 Å². The van der Waals surface area contributed by atoms with Crippen molar-refractivity contribution >= 4 is 27.3 Å². The first-order valence-electron chi connectivity index (χ1n) is 5.83. The van der Waals surface area contributed by atoms with Gasteiger partial charge in [-0.3, -0.25) is 0 Å². The molecule has 3 N–H and O–H groups in total. The lowest BCUT2D eigenvalue weighted by atomic mass is 9.91. The van der Waals surface area contributed by atoms with Crippen LogP contribution in [0.2, 0.25) is 5.02 Å². The van der Waals surface area contributed by atoms with Crippen LogP contribution in [0.3, 0.4) is 0 Å². The minimum atomic E-state index is -3.80. The monoisotopic (exact) mass is 308 g/mol. The topological polar surface area (TPSA) is 72.2 Å². The van der Waals surface area contributed by atoms with Gasteiger partial charge in [-0.15, -0.1) is 0 Å². The van der Waals surface area contributed by atoms with Gasteiger partial charge in [0.15, 0.2) is 0 Å². The van der Waals surface area contributed by atoms with Crippen molar-refractivity contribution in [2.45, 2.75) is 32.1 Å². The van der Waals surface area contributed by atoms with Crippen molar-refractivity contribution in [2.75, 3.05) is 12.3 Å². The van der Waals surface area contributed by atoms with Crippen LogP contribution in [0.1, 0.15) is 27.2 Å². The highest BCUT2D eigenvalue weighted by molar-refractivity contribution is 7.89. The number of hydrogen-bond donors (Lipinski definition) is 2. The molecule has 19 heavy (non-hydrogen) atoms. The number of nitrogen functional groups attached to an aromatic ring is 1. The molecule has 0 bridgehead atoms. The molecular formula is C12H18ClFN2O2S. The molecule has 0 aliphatic heterocycles. The Bertz CT molecular complexity index is 573. The van der Waals surface area contributed by atoms with Gasteiger partial charge in [-0.25, -0.2) is 17.5 Å². The highest BCUT2D eigenvalue weighted by atomic mass is 35.5. The Morgan fingerprint density at radius 3 is 2.53 bits per heavy atom. The van der Waals surface area contributed by atoms with Crippen LogP contribution in [-0.4, -0.2) is 15.0 Å². The van der Waals surface area contributed by atoms with E-state index in [1.807, 2.05) is 20.8 Å². The second-order valence-corrected chi connectivity index (χ2v) is 7.29. The number of halogens is 2. The number of sulfonamides is 1. The van der Waals surface area contributed by atoms with Gasteiger partial charge < -0.3 is 5.73 Å². The lowest BCUT2D eigenvalue weighted by molar-refractivity contribution is 0.350. The second kappa shape index (κ2) is 5.64. The van der Waals surface area contributed by atoms with E-state index in [9.17, 15) is 12.8 Å². The van der Waals surface area contributed by atoms with E-state index >= 15 is 0 Å². The Kier molecular flexibility index (Phi) is 4.81. The standard InChI is InChI=1S/C12H18ClFN2O2S/c1-4-12(2,3)7-16-19(17,18)11-6-10(15)9(14)5-8(11)13/h5-6,16H,4,7,15H2,1-3H3. The van der Waals surface area contributed by atoms with Gasteiger partial charge >= 0.3 is 0 Å². The molecule has 0 atom stereocenters. The van der Waals surface area contributed by atoms with Crippen LogP contribution in [0.15, 0.2) is 17.0 Å². The maximum Gasteiger partial charge on any atom is 0.242 e. The van der Waals surface area contributed by atoms with Gasteiger partial charge in [0.1, 0.15) is 10.7 Å². The Morgan fingerprint density at radius 2 is 2.00 bits per heavy atom. The van der Waals surface area contributed by atoms with Gasteiger partial charge in [0, 0.05) is 6.54 Å². The summed E-state index contributed by atoms with van der Waals surface area (Å²) in [5.74, 6) is -0.738. The Morgan fingerprint density at radius 1 is 1.42 bits per heavy atom. The molecule has 0 aliphatic carbocycles. The van der Waals surface area contributed by atoms with E-state index in [0.717, 1.165) is 18.6 Å². The summed E-state index contributed by atoms with van der Waals surface area (Å²) in [6.45, 7) is 6.11. The molecule has 0 unspecified atom stereocenters. The van der Waals surface area contributed by atoms with Crippen LogP contribution in [-0.2, 0) is 10.0 Å². The molecular weight excluding hydrogens is 291 g/mol. The lowest BCUT2D eigenvalue weighted by Gasteiger charge is -2.23. The van der Waals surface area contributed by atoms with E-state index in [-0.39, 0.29) is 27.6 Å². The number of rotatable bonds is 5. The molecule has 1 aromatic rings. The van der Waals surface area contributed by atoms with Gasteiger partial charge in [-0.05, 0) is 24.0 Å². The van der Waals surface area contributed by atoms with E-state index in [4.69, 9.17) is 17.3 Å².